The van der Waals surface area contributed by atoms with E-state index in [9.17, 15) is 4.79 Å². The van der Waals surface area contributed by atoms with E-state index in [4.69, 9.17) is 23.2 Å². The average molecular weight is 375 g/mol. The largest absolute Gasteiger partial charge is 0.372 e. The van der Waals surface area contributed by atoms with E-state index < -0.39 is 0 Å². The zero-order valence-corrected chi connectivity index (χ0v) is 13.5. The number of hydrogen-bond acceptors (Lipinski definition) is 3. The van der Waals surface area contributed by atoms with Gasteiger partial charge in [-0.2, -0.15) is 0 Å². The molecule has 1 amide bonds. The SMILES string of the molecule is CNc1ncc(Br)cc1C(=O)Nc1c(Cl)cccc1Cl. The number of pyridine rings is 1. The molecule has 4 nitrogen and oxygen atoms in total. The Kier molecular flexibility index (Phi) is 4.86. The number of amides is 1. The fourth-order valence-electron chi connectivity index (χ4n) is 1.61. The van der Waals surface area contributed by atoms with Crippen LogP contribution in [0.2, 0.25) is 10.0 Å². The summed E-state index contributed by atoms with van der Waals surface area (Å²) in [5.74, 6) is 0.118. The minimum atomic E-state index is -0.349. The van der Waals surface area contributed by atoms with Crippen LogP contribution >= 0.6 is 39.1 Å². The summed E-state index contributed by atoms with van der Waals surface area (Å²) in [5.41, 5.74) is 0.765. The molecule has 0 atom stereocenters. The van der Waals surface area contributed by atoms with E-state index in [-0.39, 0.29) is 5.91 Å². The zero-order valence-electron chi connectivity index (χ0n) is 10.4. The van der Waals surface area contributed by atoms with Gasteiger partial charge in [-0.05, 0) is 34.1 Å². The minimum absolute atomic E-state index is 0.349. The summed E-state index contributed by atoms with van der Waals surface area (Å²) in [4.78, 5) is 16.4. The van der Waals surface area contributed by atoms with E-state index in [0.29, 0.717) is 31.6 Å². The molecule has 2 aromatic rings. The molecule has 0 fully saturated rings. The summed E-state index contributed by atoms with van der Waals surface area (Å²) in [6.45, 7) is 0. The van der Waals surface area contributed by atoms with Gasteiger partial charge in [0.1, 0.15) is 5.82 Å². The smallest absolute Gasteiger partial charge is 0.259 e. The third kappa shape index (κ3) is 3.23. The Morgan fingerprint density at radius 2 is 1.95 bits per heavy atom. The summed E-state index contributed by atoms with van der Waals surface area (Å²) in [6, 6.07) is 6.68. The number of aromatic nitrogens is 1. The maximum atomic E-state index is 12.3. The van der Waals surface area contributed by atoms with Crippen molar-refractivity contribution in [1.29, 1.82) is 0 Å². The first kappa shape index (κ1) is 15.1. The van der Waals surface area contributed by atoms with Gasteiger partial charge >= 0.3 is 0 Å². The molecule has 0 saturated carbocycles. The highest BCUT2D eigenvalue weighted by molar-refractivity contribution is 9.10. The lowest BCUT2D eigenvalue weighted by Crippen LogP contribution is -2.15. The Labute approximate surface area is 134 Å². The first-order valence-corrected chi connectivity index (χ1v) is 7.16. The Balaban J connectivity index is 2.35. The maximum absolute atomic E-state index is 12.3. The molecule has 0 aliphatic carbocycles. The molecule has 0 unspecified atom stereocenters. The fourth-order valence-corrected chi connectivity index (χ4v) is 2.43. The number of nitrogens with one attached hydrogen (secondary N) is 2. The van der Waals surface area contributed by atoms with E-state index in [1.807, 2.05) is 0 Å². The molecule has 1 aromatic heterocycles. The number of carbonyl (C=O) groups is 1. The molecule has 0 radical (unpaired) electrons. The molecule has 2 rings (SSSR count). The maximum Gasteiger partial charge on any atom is 0.259 e. The number of para-hydroxylation sites is 1. The van der Waals surface area contributed by atoms with Crippen LogP contribution in [0.1, 0.15) is 10.4 Å². The number of carbonyl (C=O) groups excluding carboxylic acids is 1. The van der Waals surface area contributed by atoms with Crippen molar-refractivity contribution in [3.8, 4) is 0 Å². The van der Waals surface area contributed by atoms with Gasteiger partial charge in [0.2, 0.25) is 0 Å². The van der Waals surface area contributed by atoms with Gasteiger partial charge in [0.15, 0.2) is 0 Å². The van der Waals surface area contributed by atoms with Crippen LogP contribution in [0.3, 0.4) is 0 Å². The van der Waals surface area contributed by atoms with Crippen LogP contribution in [0.4, 0.5) is 11.5 Å². The summed E-state index contributed by atoms with van der Waals surface area (Å²) in [7, 11) is 1.69. The summed E-state index contributed by atoms with van der Waals surface area (Å²) in [5, 5.41) is 6.30. The lowest BCUT2D eigenvalue weighted by molar-refractivity contribution is 0.102. The third-order valence-corrected chi connectivity index (χ3v) is 3.60. The van der Waals surface area contributed by atoms with Gasteiger partial charge in [-0.15, -0.1) is 0 Å². The van der Waals surface area contributed by atoms with Crippen LogP contribution in [-0.4, -0.2) is 17.9 Å². The molecule has 1 aromatic carbocycles. The van der Waals surface area contributed by atoms with Crippen LogP contribution in [0.25, 0.3) is 0 Å². The normalized spacial score (nSPS) is 10.2. The highest BCUT2D eigenvalue weighted by Gasteiger charge is 2.15. The van der Waals surface area contributed by atoms with Gasteiger partial charge in [-0.3, -0.25) is 4.79 Å². The number of anilines is 2. The van der Waals surface area contributed by atoms with Gasteiger partial charge in [0.25, 0.3) is 5.91 Å². The van der Waals surface area contributed by atoms with Gasteiger partial charge in [0, 0.05) is 17.7 Å². The number of nitrogens with zero attached hydrogens (tertiary/aromatic N) is 1. The quantitative estimate of drug-likeness (QED) is 0.834. The molecule has 0 saturated heterocycles. The van der Waals surface area contributed by atoms with Crippen molar-refractivity contribution < 1.29 is 4.79 Å². The van der Waals surface area contributed by atoms with E-state index in [1.54, 1.807) is 37.5 Å². The predicted molar refractivity (Wildman–Crippen MR) is 85.9 cm³/mol. The fraction of sp³-hybridized carbons (Fsp3) is 0.0769. The zero-order chi connectivity index (χ0) is 14.7. The lowest BCUT2D eigenvalue weighted by atomic mass is 10.2. The summed E-state index contributed by atoms with van der Waals surface area (Å²) < 4.78 is 0.701. The van der Waals surface area contributed by atoms with Crippen molar-refractivity contribution in [3.63, 3.8) is 0 Å². The van der Waals surface area contributed by atoms with Gasteiger partial charge in [-0.1, -0.05) is 29.3 Å². The van der Waals surface area contributed by atoms with Crippen LogP contribution in [0, 0.1) is 0 Å². The van der Waals surface area contributed by atoms with Gasteiger partial charge < -0.3 is 10.6 Å². The van der Waals surface area contributed by atoms with Crippen molar-refractivity contribution in [3.05, 3.63) is 50.5 Å². The first-order chi connectivity index (χ1) is 9.52. The van der Waals surface area contributed by atoms with Crippen molar-refractivity contribution in [2.75, 3.05) is 17.7 Å². The van der Waals surface area contributed by atoms with Gasteiger partial charge in [-0.25, -0.2) is 4.98 Å². The summed E-state index contributed by atoms with van der Waals surface area (Å²) >= 11 is 15.3. The topological polar surface area (TPSA) is 54.0 Å². The molecule has 0 spiro atoms. The van der Waals surface area contributed by atoms with Gasteiger partial charge in [0.05, 0.1) is 21.3 Å². The molecule has 1 heterocycles. The van der Waals surface area contributed by atoms with E-state index >= 15 is 0 Å². The molecule has 20 heavy (non-hydrogen) atoms. The van der Waals surface area contributed by atoms with E-state index in [2.05, 4.69) is 31.5 Å². The monoisotopic (exact) mass is 373 g/mol. The molecule has 2 N–H and O–H groups in total. The highest BCUT2D eigenvalue weighted by atomic mass is 79.9. The van der Waals surface area contributed by atoms with Crippen LogP contribution in [-0.2, 0) is 0 Å². The number of hydrogen-bond donors (Lipinski definition) is 2. The number of halogens is 3. The molecule has 0 aliphatic rings. The van der Waals surface area contributed by atoms with Crippen LogP contribution in [0.15, 0.2) is 34.9 Å². The van der Waals surface area contributed by atoms with Crippen LogP contribution in [0.5, 0.6) is 0 Å². The third-order valence-electron chi connectivity index (χ3n) is 2.54. The molecule has 7 heteroatoms. The second-order valence-electron chi connectivity index (χ2n) is 3.85. The van der Waals surface area contributed by atoms with E-state index in [0.717, 1.165) is 0 Å². The standard InChI is InChI=1S/C13H10BrCl2N3O/c1-17-12-8(5-7(14)6-18-12)13(20)19-11-9(15)3-2-4-10(11)16/h2-6H,1H3,(H,17,18)(H,19,20). The minimum Gasteiger partial charge on any atom is -0.372 e. The summed E-state index contributed by atoms with van der Waals surface area (Å²) in [6.07, 6.45) is 1.60. The molecule has 0 bridgehead atoms. The molecule has 0 aliphatic heterocycles. The Morgan fingerprint density at radius 3 is 2.55 bits per heavy atom. The Morgan fingerprint density at radius 1 is 1.30 bits per heavy atom. The second-order valence-corrected chi connectivity index (χ2v) is 5.58. The average Bonchev–Trinajstić information content (AvgIpc) is 2.43. The predicted octanol–water partition coefficient (Wildman–Crippen LogP) is 4.44. The van der Waals surface area contributed by atoms with E-state index in [1.165, 1.54) is 0 Å². The molecular formula is C13H10BrCl2N3O. The lowest BCUT2D eigenvalue weighted by Gasteiger charge is -2.11. The van der Waals surface area contributed by atoms with Crippen LogP contribution < -0.4 is 10.6 Å². The second kappa shape index (κ2) is 6.43. The van der Waals surface area contributed by atoms with Crippen molar-refractivity contribution in [2.24, 2.45) is 0 Å². The Bertz CT molecular complexity index is 644. The first-order valence-electron chi connectivity index (χ1n) is 5.61. The highest BCUT2D eigenvalue weighted by Crippen LogP contribution is 2.30. The van der Waals surface area contributed by atoms with Crippen molar-refractivity contribution in [1.82, 2.24) is 4.98 Å². The Hall–Kier alpha value is -1.30. The molecule has 104 valence electrons. The number of rotatable bonds is 3. The molecular weight excluding hydrogens is 365 g/mol. The van der Waals surface area contributed by atoms with Crippen molar-refractivity contribution in [2.45, 2.75) is 0 Å². The van der Waals surface area contributed by atoms with Crippen molar-refractivity contribution >= 4 is 56.5 Å². The number of benzene rings is 1.